The second-order valence-corrected chi connectivity index (χ2v) is 6.15. The van der Waals surface area contributed by atoms with Gasteiger partial charge in [0.05, 0.1) is 12.7 Å². The highest BCUT2D eigenvalue weighted by Gasteiger charge is 2.27. The summed E-state index contributed by atoms with van der Waals surface area (Å²) >= 11 is 3.44. The molecule has 0 saturated carbocycles. The van der Waals surface area contributed by atoms with Crippen molar-refractivity contribution in [1.29, 1.82) is 0 Å². The number of nitrogens with zero attached hydrogens (tertiary/aromatic N) is 1. The van der Waals surface area contributed by atoms with Crippen LogP contribution < -0.4 is 0 Å². The van der Waals surface area contributed by atoms with Gasteiger partial charge in [-0.2, -0.15) is 13.2 Å². The van der Waals surface area contributed by atoms with E-state index in [0.717, 1.165) is 23.1 Å². The average Bonchev–Trinajstić information content (AvgIpc) is 2.46. The van der Waals surface area contributed by atoms with Crippen molar-refractivity contribution in [2.75, 3.05) is 39.5 Å². The Hall–Kier alpha value is -0.630. The van der Waals surface area contributed by atoms with Crippen LogP contribution in [0.2, 0.25) is 0 Å². The van der Waals surface area contributed by atoms with E-state index in [1.54, 1.807) is 0 Å². The molecule has 0 bridgehead atoms. The van der Waals surface area contributed by atoms with Crippen molar-refractivity contribution in [2.24, 2.45) is 0 Å². The molecule has 1 aromatic rings. The van der Waals surface area contributed by atoms with E-state index < -0.39 is 12.8 Å². The number of hydrogen-bond donors (Lipinski definition) is 0. The van der Waals surface area contributed by atoms with E-state index >= 15 is 0 Å². The highest BCUT2D eigenvalue weighted by molar-refractivity contribution is 9.10. The molecular formula is C15H19BrF3NO2. The number of halogens is 4. The Bertz CT molecular complexity index is 470. The number of rotatable bonds is 6. The molecule has 0 aliphatic carbocycles. The largest absolute Gasteiger partial charge is 0.411 e. The van der Waals surface area contributed by atoms with E-state index in [-0.39, 0.29) is 12.7 Å². The van der Waals surface area contributed by atoms with Crippen LogP contribution in [0.5, 0.6) is 0 Å². The van der Waals surface area contributed by atoms with Gasteiger partial charge in [-0.15, -0.1) is 0 Å². The summed E-state index contributed by atoms with van der Waals surface area (Å²) in [5, 5.41) is 0. The molecule has 1 unspecified atom stereocenters. The second-order valence-electron chi connectivity index (χ2n) is 5.24. The quantitative estimate of drug-likeness (QED) is 0.699. The molecule has 1 aromatic carbocycles. The maximum atomic E-state index is 12.0. The summed E-state index contributed by atoms with van der Waals surface area (Å²) < 4.78 is 47.3. The molecular weight excluding hydrogens is 363 g/mol. The third-order valence-electron chi connectivity index (χ3n) is 3.40. The zero-order valence-electron chi connectivity index (χ0n) is 12.1. The number of hydrogen-bond acceptors (Lipinski definition) is 3. The van der Waals surface area contributed by atoms with Crippen LogP contribution in [-0.2, 0) is 9.47 Å². The third-order valence-corrected chi connectivity index (χ3v) is 3.89. The molecule has 22 heavy (non-hydrogen) atoms. The molecule has 0 spiro atoms. The number of alkyl halides is 3. The Kier molecular flexibility index (Phi) is 6.67. The Morgan fingerprint density at radius 2 is 2.18 bits per heavy atom. The van der Waals surface area contributed by atoms with Crippen LogP contribution in [0, 0.1) is 0 Å². The molecule has 1 fully saturated rings. The van der Waals surface area contributed by atoms with Gasteiger partial charge in [0.15, 0.2) is 0 Å². The standard InChI is InChI=1S/C15H19BrF3NO2/c16-13-4-1-3-12(9-13)14-10-20(6-8-22-14)5-2-7-21-11-15(17,18)19/h1,3-4,9,14H,2,5-8,10-11H2. The number of benzene rings is 1. The van der Waals surface area contributed by atoms with Gasteiger partial charge in [-0.1, -0.05) is 28.1 Å². The van der Waals surface area contributed by atoms with Crippen molar-refractivity contribution in [3.8, 4) is 0 Å². The summed E-state index contributed by atoms with van der Waals surface area (Å²) in [6, 6.07) is 7.97. The second kappa shape index (κ2) is 8.29. The maximum absolute atomic E-state index is 12.0. The fourth-order valence-corrected chi connectivity index (χ4v) is 2.81. The molecule has 1 heterocycles. The highest BCUT2D eigenvalue weighted by Crippen LogP contribution is 2.24. The zero-order valence-corrected chi connectivity index (χ0v) is 13.7. The van der Waals surface area contributed by atoms with Gasteiger partial charge in [-0.3, -0.25) is 4.90 Å². The first-order chi connectivity index (χ1) is 10.4. The lowest BCUT2D eigenvalue weighted by molar-refractivity contribution is -0.174. The molecule has 1 aliphatic rings. The monoisotopic (exact) mass is 381 g/mol. The Balaban J connectivity index is 1.72. The first-order valence-corrected chi connectivity index (χ1v) is 7.97. The first kappa shape index (κ1) is 17.7. The lowest BCUT2D eigenvalue weighted by atomic mass is 10.1. The van der Waals surface area contributed by atoms with Gasteiger partial charge in [0.1, 0.15) is 6.61 Å². The molecule has 3 nitrogen and oxygen atoms in total. The number of morpholine rings is 1. The van der Waals surface area contributed by atoms with Gasteiger partial charge in [0, 0.05) is 30.7 Å². The van der Waals surface area contributed by atoms with Crippen LogP contribution in [0.25, 0.3) is 0 Å². The van der Waals surface area contributed by atoms with E-state index in [4.69, 9.17) is 4.74 Å². The minimum absolute atomic E-state index is 0.00217. The van der Waals surface area contributed by atoms with Crippen LogP contribution >= 0.6 is 15.9 Å². The van der Waals surface area contributed by atoms with E-state index in [1.807, 2.05) is 24.3 Å². The molecule has 124 valence electrons. The summed E-state index contributed by atoms with van der Waals surface area (Å²) in [6.45, 7) is 1.83. The first-order valence-electron chi connectivity index (χ1n) is 7.18. The smallest absolute Gasteiger partial charge is 0.372 e. The Morgan fingerprint density at radius 3 is 2.91 bits per heavy atom. The number of ether oxygens (including phenoxy) is 2. The predicted molar refractivity (Wildman–Crippen MR) is 80.8 cm³/mol. The molecule has 1 saturated heterocycles. The van der Waals surface area contributed by atoms with E-state index in [9.17, 15) is 13.2 Å². The molecule has 0 radical (unpaired) electrons. The normalized spacial score (nSPS) is 20.3. The lowest BCUT2D eigenvalue weighted by Crippen LogP contribution is -2.39. The molecule has 1 atom stereocenters. The zero-order chi connectivity index (χ0) is 16.0. The van der Waals surface area contributed by atoms with Crippen LogP contribution in [0.4, 0.5) is 13.2 Å². The average molecular weight is 382 g/mol. The minimum atomic E-state index is -4.25. The molecule has 0 aromatic heterocycles. The summed E-state index contributed by atoms with van der Waals surface area (Å²) in [5.41, 5.74) is 1.10. The molecule has 7 heteroatoms. The van der Waals surface area contributed by atoms with E-state index in [2.05, 4.69) is 25.6 Å². The molecule has 0 N–H and O–H groups in total. The Morgan fingerprint density at radius 1 is 1.36 bits per heavy atom. The van der Waals surface area contributed by atoms with E-state index in [1.165, 1.54) is 0 Å². The van der Waals surface area contributed by atoms with Crippen molar-refractivity contribution in [3.05, 3.63) is 34.3 Å². The summed E-state index contributed by atoms with van der Waals surface area (Å²) in [6.07, 6.45) is -3.66. The highest BCUT2D eigenvalue weighted by atomic mass is 79.9. The predicted octanol–water partition coefficient (Wildman–Crippen LogP) is 3.79. The summed E-state index contributed by atoms with van der Waals surface area (Å²) in [5.74, 6) is 0. The van der Waals surface area contributed by atoms with Crippen molar-refractivity contribution >= 4 is 15.9 Å². The van der Waals surface area contributed by atoms with Crippen LogP contribution in [0.1, 0.15) is 18.1 Å². The van der Waals surface area contributed by atoms with Gasteiger partial charge in [-0.05, 0) is 24.1 Å². The maximum Gasteiger partial charge on any atom is 0.411 e. The van der Waals surface area contributed by atoms with Crippen molar-refractivity contribution in [1.82, 2.24) is 4.90 Å². The Labute approximate surface area is 136 Å². The third kappa shape index (κ3) is 6.24. The lowest BCUT2D eigenvalue weighted by Gasteiger charge is -2.33. The van der Waals surface area contributed by atoms with Crippen LogP contribution in [0.15, 0.2) is 28.7 Å². The topological polar surface area (TPSA) is 21.7 Å². The molecule has 1 aliphatic heterocycles. The van der Waals surface area contributed by atoms with Crippen molar-refractivity contribution in [2.45, 2.75) is 18.7 Å². The SMILES string of the molecule is FC(F)(F)COCCCN1CCOC(c2cccc(Br)c2)C1. The van der Waals surface area contributed by atoms with Crippen LogP contribution in [0.3, 0.4) is 0 Å². The fraction of sp³-hybridized carbons (Fsp3) is 0.600. The van der Waals surface area contributed by atoms with Gasteiger partial charge >= 0.3 is 6.18 Å². The summed E-state index contributed by atoms with van der Waals surface area (Å²) in [7, 11) is 0. The van der Waals surface area contributed by atoms with Crippen molar-refractivity contribution in [3.63, 3.8) is 0 Å². The van der Waals surface area contributed by atoms with Gasteiger partial charge < -0.3 is 9.47 Å². The van der Waals surface area contributed by atoms with E-state index in [0.29, 0.717) is 19.6 Å². The summed E-state index contributed by atoms with van der Waals surface area (Å²) in [4.78, 5) is 2.20. The molecule has 2 rings (SSSR count). The van der Waals surface area contributed by atoms with Crippen molar-refractivity contribution < 1.29 is 22.6 Å². The van der Waals surface area contributed by atoms with Gasteiger partial charge in [0.2, 0.25) is 0 Å². The van der Waals surface area contributed by atoms with Crippen LogP contribution in [-0.4, -0.2) is 50.5 Å². The fourth-order valence-electron chi connectivity index (χ4n) is 2.39. The van der Waals surface area contributed by atoms with Gasteiger partial charge in [-0.25, -0.2) is 0 Å². The minimum Gasteiger partial charge on any atom is -0.372 e. The molecule has 0 amide bonds. The van der Waals surface area contributed by atoms with Gasteiger partial charge in [0.25, 0.3) is 0 Å².